The van der Waals surface area contributed by atoms with Crippen molar-refractivity contribution in [1.29, 1.82) is 0 Å². The van der Waals surface area contributed by atoms with Crippen molar-refractivity contribution in [1.82, 2.24) is 9.13 Å². The molecule has 3 aromatic heterocycles. The molecule has 0 saturated carbocycles. The quantitative estimate of drug-likeness (QED) is 0.121. The summed E-state index contributed by atoms with van der Waals surface area (Å²) in [6, 6.07) is 92.4. The number of benzene rings is 11. The molecule has 0 atom stereocenters. The van der Waals surface area contributed by atoms with Crippen LogP contribution >= 0.6 is 0 Å². The number of allylic oxidation sites excluding steroid dienone is 5. The molecule has 11 aromatic carbocycles. The van der Waals surface area contributed by atoms with E-state index in [1.807, 2.05) is 30.4 Å². The van der Waals surface area contributed by atoms with Crippen molar-refractivity contribution in [3.63, 3.8) is 0 Å². The second-order valence-corrected chi connectivity index (χ2v) is 19.8. The predicted octanol–water partition coefficient (Wildman–Crippen LogP) is 20.4. The molecule has 0 aliphatic heterocycles. The van der Waals surface area contributed by atoms with E-state index < -0.39 is 0 Å². The van der Waals surface area contributed by atoms with Crippen LogP contribution in [0, 0.1) is 0 Å². The maximum Gasteiger partial charge on any atom is 0.135 e. The molecule has 4 nitrogen and oxygen atoms in total. The molecule has 0 N–H and O–H groups in total. The van der Waals surface area contributed by atoms with Crippen LogP contribution in [0.25, 0.3) is 116 Å². The Morgan fingerprint density at radius 3 is 1.29 bits per heavy atom. The van der Waals surface area contributed by atoms with E-state index in [0.29, 0.717) is 0 Å². The lowest BCUT2D eigenvalue weighted by Crippen LogP contribution is -2.10. The molecular formula is C73H51N3O. The van der Waals surface area contributed by atoms with Gasteiger partial charge in [0.25, 0.3) is 0 Å². The molecule has 0 spiro atoms. The van der Waals surface area contributed by atoms with Crippen molar-refractivity contribution in [3.8, 4) is 44.8 Å². The van der Waals surface area contributed by atoms with Crippen LogP contribution < -0.4 is 4.90 Å². The average Bonchev–Trinajstić information content (AvgIpc) is 4.26. The molecule has 0 bridgehead atoms. The van der Waals surface area contributed by atoms with Crippen molar-refractivity contribution in [2.24, 2.45) is 0 Å². The predicted molar refractivity (Wildman–Crippen MR) is 326 cm³/mol. The minimum atomic E-state index is 0.863. The SMILES string of the molecule is C=C/C=C\C=C(/C)c1ccc2c(c1)c1cc(-c3ccccc3)ccc1n2-c1ccc(N(c2ccc(-n3c4ccc(-c5ccccc5)cc4c4cc(-c5ccccc5)ccc43)cc2)c2ccc3oc4ccccc4c3c2)cc1. The van der Waals surface area contributed by atoms with Gasteiger partial charge in [-0.3, -0.25) is 0 Å². The maximum atomic E-state index is 6.36. The Balaban J connectivity index is 0.904. The number of fused-ring (bicyclic) bond motifs is 9. The van der Waals surface area contributed by atoms with Gasteiger partial charge < -0.3 is 18.5 Å². The molecule has 364 valence electrons. The third-order valence-corrected chi connectivity index (χ3v) is 15.3. The van der Waals surface area contributed by atoms with Crippen LogP contribution in [-0.4, -0.2) is 9.13 Å². The molecule has 0 radical (unpaired) electrons. The first-order valence-electron chi connectivity index (χ1n) is 26.3. The minimum Gasteiger partial charge on any atom is -0.456 e. The second kappa shape index (κ2) is 19.0. The van der Waals surface area contributed by atoms with Crippen LogP contribution in [0.5, 0.6) is 0 Å². The third kappa shape index (κ3) is 8.03. The van der Waals surface area contributed by atoms with Gasteiger partial charge in [0.05, 0.1) is 22.1 Å². The van der Waals surface area contributed by atoms with Crippen LogP contribution in [0.2, 0.25) is 0 Å². The molecule has 77 heavy (non-hydrogen) atoms. The van der Waals surface area contributed by atoms with Crippen LogP contribution in [0.15, 0.2) is 290 Å². The van der Waals surface area contributed by atoms with Gasteiger partial charge >= 0.3 is 0 Å². The van der Waals surface area contributed by atoms with Crippen LogP contribution in [0.4, 0.5) is 17.1 Å². The zero-order valence-corrected chi connectivity index (χ0v) is 42.5. The van der Waals surface area contributed by atoms with Gasteiger partial charge in [-0.1, -0.05) is 164 Å². The summed E-state index contributed by atoms with van der Waals surface area (Å²) in [6.45, 7) is 6.02. The zero-order valence-electron chi connectivity index (χ0n) is 42.5. The fraction of sp³-hybridized carbons (Fsp3) is 0.0137. The number of para-hydroxylation sites is 1. The highest BCUT2D eigenvalue weighted by atomic mass is 16.3. The molecule has 4 heteroatoms. The number of anilines is 3. The molecular weight excluding hydrogens is 935 g/mol. The molecule has 14 aromatic rings. The molecule has 0 fully saturated rings. The first-order chi connectivity index (χ1) is 38.0. The fourth-order valence-corrected chi connectivity index (χ4v) is 11.5. The topological polar surface area (TPSA) is 26.2 Å². The lowest BCUT2D eigenvalue weighted by Gasteiger charge is -2.26. The molecule has 0 unspecified atom stereocenters. The highest BCUT2D eigenvalue weighted by molar-refractivity contribution is 6.13. The highest BCUT2D eigenvalue weighted by Crippen LogP contribution is 2.43. The smallest absolute Gasteiger partial charge is 0.135 e. The van der Waals surface area contributed by atoms with Crippen molar-refractivity contribution in [3.05, 3.63) is 291 Å². The van der Waals surface area contributed by atoms with E-state index in [0.717, 1.165) is 72.4 Å². The number of nitrogens with zero attached hydrogens (tertiary/aromatic N) is 3. The van der Waals surface area contributed by atoms with Crippen LogP contribution in [-0.2, 0) is 0 Å². The standard InChI is InChI=1S/C73H51N3O/c1-3-4-8-17-49(2)53-26-39-68-63(44-53)64-45-54(50-18-9-5-10-19-50)27-40-69(64)75(68)59-34-30-57(31-35-59)74(61-38-43-73-67(48-61)62-24-15-16-25-72(62)77-73)58-32-36-60(37-33-58)76-70-41-28-55(51-20-11-6-12-21-51)46-65(70)66-47-56(29-42-71(66)76)52-22-13-7-14-23-52/h3-48H,1H2,2H3/b8-4-,49-17+. The van der Waals surface area contributed by atoms with E-state index in [4.69, 9.17) is 4.42 Å². The van der Waals surface area contributed by atoms with Gasteiger partial charge in [-0.15, -0.1) is 0 Å². The van der Waals surface area contributed by atoms with E-state index in [1.54, 1.807) is 0 Å². The lowest BCUT2D eigenvalue weighted by molar-refractivity contribution is 0.669. The summed E-state index contributed by atoms with van der Waals surface area (Å²) in [7, 11) is 0. The van der Waals surface area contributed by atoms with E-state index in [9.17, 15) is 0 Å². The largest absolute Gasteiger partial charge is 0.456 e. The summed E-state index contributed by atoms with van der Waals surface area (Å²) in [6.07, 6.45) is 7.97. The monoisotopic (exact) mass is 985 g/mol. The molecule has 0 amide bonds. The molecule has 0 aliphatic carbocycles. The Hall–Kier alpha value is -10.2. The Kier molecular flexibility index (Phi) is 11.2. The van der Waals surface area contributed by atoms with E-state index in [2.05, 4.69) is 276 Å². The second-order valence-electron chi connectivity index (χ2n) is 19.8. The number of furan rings is 1. The molecule has 14 rings (SSSR count). The third-order valence-electron chi connectivity index (χ3n) is 15.3. The Morgan fingerprint density at radius 2 is 0.792 bits per heavy atom. The van der Waals surface area contributed by atoms with Crippen LogP contribution in [0.1, 0.15) is 12.5 Å². The first-order valence-corrected chi connectivity index (χ1v) is 26.3. The molecule has 3 heterocycles. The van der Waals surface area contributed by atoms with Crippen molar-refractivity contribution in [2.75, 3.05) is 4.90 Å². The Morgan fingerprint density at radius 1 is 0.364 bits per heavy atom. The van der Waals surface area contributed by atoms with Crippen molar-refractivity contribution in [2.45, 2.75) is 6.92 Å². The molecule has 0 saturated heterocycles. The van der Waals surface area contributed by atoms with Crippen LogP contribution in [0.3, 0.4) is 0 Å². The van der Waals surface area contributed by atoms with Gasteiger partial charge in [-0.05, 0) is 173 Å². The van der Waals surface area contributed by atoms with Gasteiger partial charge in [0.2, 0.25) is 0 Å². The number of aromatic nitrogens is 2. The minimum absolute atomic E-state index is 0.863. The molecule has 0 aliphatic rings. The Bertz CT molecular complexity index is 4520. The number of hydrogen-bond acceptors (Lipinski definition) is 2. The Labute approximate surface area is 447 Å². The first kappa shape index (κ1) is 45.5. The van der Waals surface area contributed by atoms with Crippen molar-refractivity contribution < 1.29 is 4.42 Å². The fourth-order valence-electron chi connectivity index (χ4n) is 11.5. The lowest BCUT2D eigenvalue weighted by atomic mass is 10.0. The van der Waals surface area contributed by atoms with Gasteiger partial charge in [0.15, 0.2) is 0 Å². The van der Waals surface area contributed by atoms with Gasteiger partial charge in [-0.2, -0.15) is 0 Å². The zero-order chi connectivity index (χ0) is 51.4. The summed E-state index contributed by atoms with van der Waals surface area (Å²) >= 11 is 0. The maximum absolute atomic E-state index is 6.36. The van der Waals surface area contributed by atoms with Gasteiger partial charge in [0.1, 0.15) is 11.2 Å². The summed E-state index contributed by atoms with van der Waals surface area (Å²) in [5.41, 5.74) is 21.2. The number of hydrogen-bond donors (Lipinski definition) is 0. The van der Waals surface area contributed by atoms with Gasteiger partial charge in [0, 0.05) is 60.8 Å². The van der Waals surface area contributed by atoms with Gasteiger partial charge in [-0.25, -0.2) is 0 Å². The normalized spacial score (nSPS) is 12.0. The summed E-state index contributed by atoms with van der Waals surface area (Å²) in [5, 5.41) is 7.02. The van der Waals surface area contributed by atoms with E-state index >= 15 is 0 Å². The van der Waals surface area contributed by atoms with E-state index in [1.165, 1.54) is 66.1 Å². The number of rotatable bonds is 11. The summed E-state index contributed by atoms with van der Waals surface area (Å²) in [4.78, 5) is 2.36. The summed E-state index contributed by atoms with van der Waals surface area (Å²) < 4.78 is 11.2. The van der Waals surface area contributed by atoms with Crippen molar-refractivity contribution >= 4 is 88.2 Å². The van der Waals surface area contributed by atoms with E-state index in [-0.39, 0.29) is 0 Å². The summed E-state index contributed by atoms with van der Waals surface area (Å²) in [5.74, 6) is 0. The average molecular weight is 986 g/mol. The highest BCUT2D eigenvalue weighted by Gasteiger charge is 2.20.